The van der Waals surface area contributed by atoms with Crippen LogP contribution in [0.5, 0.6) is 0 Å². The van der Waals surface area contributed by atoms with Gasteiger partial charge in [0.25, 0.3) is 0 Å². The van der Waals surface area contributed by atoms with Crippen LogP contribution in [0, 0.1) is 5.82 Å². The van der Waals surface area contributed by atoms with E-state index < -0.39 is 0 Å². The van der Waals surface area contributed by atoms with Crippen molar-refractivity contribution in [1.29, 1.82) is 0 Å². The van der Waals surface area contributed by atoms with Gasteiger partial charge in [-0.3, -0.25) is 4.90 Å². The standard InChI is InChI=1S/C15H15FN2/c16-14-5-11(6-15(17)7-14)8-18-9-12-3-1-2-4-13(12)10-18/h1-7H,8-10,17H2. The molecule has 0 fully saturated rings. The van der Waals surface area contributed by atoms with Crippen molar-refractivity contribution >= 4 is 5.69 Å². The van der Waals surface area contributed by atoms with Gasteiger partial charge >= 0.3 is 0 Å². The second kappa shape index (κ2) is 4.42. The molecule has 92 valence electrons. The smallest absolute Gasteiger partial charge is 0.125 e. The Bertz CT molecular complexity index is 535. The van der Waals surface area contributed by atoms with E-state index in [-0.39, 0.29) is 5.82 Å². The van der Waals surface area contributed by atoms with Crippen LogP contribution in [0.25, 0.3) is 0 Å². The SMILES string of the molecule is Nc1cc(F)cc(CN2Cc3ccccc3C2)c1. The summed E-state index contributed by atoms with van der Waals surface area (Å²) in [7, 11) is 0. The van der Waals surface area contributed by atoms with E-state index in [9.17, 15) is 4.39 Å². The predicted octanol–water partition coefficient (Wildman–Crippen LogP) is 2.92. The van der Waals surface area contributed by atoms with Gasteiger partial charge in [0.05, 0.1) is 0 Å². The third-order valence-corrected chi connectivity index (χ3v) is 3.29. The van der Waals surface area contributed by atoms with Crippen LogP contribution in [0.2, 0.25) is 0 Å². The fourth-order valence-corrected chi connectivity index (χ4v) is 2.54. The fraction of sp³-hybridized carbons (Fsp3) is 0.200. The minimum atomic E-state index is -0.262. The van der Waals surface area contributed by atoms with Crippen molar-refractivity contribution in [2.24, 2.45) is 0 Å². The van der Waals surface area contributed by atoms with Crippen molar-refractivity contribution < 1.29 is 4.39 Å². The quantitative estimate of drug-likeness (QED) is 0.820. The number of halogens is 1. The first-order chi connectivity index (χ1) is 8.70. The minimum Gasteiger partial charge on any atom is -0.399 e. The van der Waals surface area contributed by atoms with Gasteiger partial charge in [0, 0.05) is 25.3 Å². The Morgan fingerprint density at radius 3 is 2.33 bits per heavy atom. The zero-order valence-corrected chi connectivity index (χ0v) is 10.1. The van der Waals surface area contributed by atoms with Crippen LogP contribution in [0.15, 0.2) is 42.5 Å². The Kier molecular flexibility index (Phi) is 2.76. The molecule has 3 rings (SSSR count). The molecule has 3 heteroatoms. The molecule has 0 spiro atoms. The summed E-state index contributed by atoms with van der Waals surface area (Å²) in [6, 6.07) is 13.2. The maximum absolute atomic E-state index is 13.3. The molecule has 0 amide bonds. The summed E-state index contributed by atoms with van der Waals surface area (Å²) < 4.78 is 13.3. The van der Waals surface area contributed by atoms with E-state index in [0.717, 1.165) is 25.2 Å². The minimum absolute atomic E-state index is 0.262. The summed E-state index contributed by atoms with van der Waals surface area (Å²) in [5, 5.41) is 0. The average molecular weight is 242 g/mol. The number of rotatable bonds is 2. The Hall–Kier alpha value is -1.87. The van der Waals surface area contributed by atoms with Gasteiger partial charge in [-0.25, -0.2) is 4.39 Å². The predicted molar refractivity (Wildman–Crippen MR) is 70.2 cm³/mol. The Morgan fingerprint density at radius 1 is 1.06 bits per heavy atom. The van der Waals surface area contributed by atoms with Crippen molar-refractivity contribution in [3.63, 3.8) is 0 Å². The summed E-state index contributed by atoms with van der Waals surface area (Å²) in [4.78, 5) is 2.29. The Morgan fingerprint density at radius 2 is 1.72 bits per heavy atom. The van der Waals surface area contributed by atoms with Gasteiger partial charge in [-0.2, -0.15) is 0 Å². The molecule has 0 bridgehead atoms. The van der Waals surface area contributed by atoms with E-state index in [1.165, 1.54) is 17.2 Å². The second-order valence-electron chi connectivity index (χ2n) is 4.81. The number of hydrogen-bond acceptors (Lipinski definition) is 2. The number of nitrogen functional groups attached to an aromatic ring is 1. The van der Waals surface area contributed by atoms with Gasteiger partial charge in [0.1, 0.15) is 5.82 Å². The van der Waals surface area contributed by atoms with Gasteiger partial charge < -0.3 is 5.73 Å². The normalized spacial score (nSPS) is 14.7. The molecule has 2 aromatic rings. The van der Waals surface area contributed by atoms with Crippen molar-refractivity contribution in [3.8, 4) is 0 Å². The highest BCUT2D eigenvalue weighted by Gasteiger charge is 2.18. The van der Waals surface area contributed by atoms with Crippen LogP contribution in [0.3, 0.4) is 0 Å². The van der Waals surface area contributed by atoms with Crippen LogP contribution in [0.1, 0.15) is 16.7 Å². The molecule has 18 heavy (non-hydrogen) atoms. The van der Waals surface area contributed by atoms with Crippen molar-refractivity contribution in [1.82, 2.24) is 4.90 Å². The molecule has 0 atom stereocenters. The van der Waals surface area contributed by atoms with Crippen LogP contribution >= 0.6 is 0 Å². The molecular formula is C15H15FN2. The van der Waals surface area contributed by atoms with E-state index >= 15 is 0 Å². The molecule has 1 aliphatic heterocycles. The third kappa shape index (κ3) is 2.22. The number of fused-ring (bicyclic) bond motifs is 1. The van der Waals surface area contributed by atoms with Gasteiger partial charge in [0.15, 0.2) is 0 Å². The molecule has 0 saturated heterocycles. The van der Waals surface area contributed by atoms with E-state index in [0.29, 0.717) is 5.69 Å². The second-order valence-corrected chi connectivity index (χ2v) is 4.81. The number of nitrogens with zero attached hydrogens (tertiary/aromatic N) is 1. The molecular weight excluding hydrogens is 227 g/mol. The Balaban J connectivity index is 1.76. The van der Waals surface area contributed by atoms with Crippen LogP contribution < -0.4 is 5.73 Å². The number of hydrogen-bond donors (Lipinski definition) is 1. The van der Waals surface area contributed by atoms with E-state index in [1.54, 1.807) is 6.07 Å². The molecule has 0 unspecified atom stereocenters. The number of anilines is 1. The van der Waals surface area contributed by atoms with Crippen molar-refractivity contribution in [3.05, 3.63) is 65.0 Å². The zero-order chi connectivity index (χ0) is 12.5. The molecule has 2 nitrogen and oxygen atoms in total. The lowest BCUT2D eigenvalue weighted by Gasteiger charge is -2.15. The summed E-state index contributed by atoms with van der Waals surface area (Å²) in [6.07, 6.45) is 0. The summed E-state index contributed by atoms with van der Waals surface area (Å²) in [5.74, 6) is -0.262. The van der Waals surface area contributed by atoms with E-state index in [4.69, 9.17) is 5.73 Å². The first-order valence-electron chi connectivity index (χ1n) is 6.05. The molecule has 1 aliphatic rings. The molecule has 2 aromatic carbocycles. The lowest BCUT2D eigenvalue weighted by molar-refractivity contribution is 0.275. The number of benzene rings is 2. The largest absolute Gasteiger partial charge is 0.399 e. The molecule has 0 aromatic heterocycles. The highest BCUT2D eigenvalue weighted by Crippen LogP contribution is 2.24. The summed E-state index contributed by atoms with van der Waals surface area (Å²) in [6.45, 7) is 2.58. The first-order valence-corrected chi connectivity index (χ1v) is 6.05. The Labute approximate surface area is 106 Å². The van der Waals surface area contributed by atoms with Crippen LogP contribution in [0.4, 0.5) is 10.1 Å². The van der Waals surface area contributed by atoms with Crippen molar-refractivity contribution in [2.75, 3.05) is 5.73 Å². The lowest BCUT2D eigenvalue weighted by Crippen LogP contribution is -2.15. The molecule has 1 heterocycles. The van der Waals surface area contributed by atoms with E-state index in [2.05, 4.69) is 29.2 Å². The molecule has 0 radical (unpaired) electrons. The van der Waals surface area contributed by atoms with Crippen LogP contribution in [-0.4, -0.2) is 4.90 Å². The molecule has 2 N–H and O–H groups in total. The summed E-state index contributed by atoms with van der Waals surface area (Å²) >= 11 is 0. The van der Waals surface area contributed by atoms with Crippen molar-refractivity contribution in [2.45, 2.75) is 19.6 Å². The third-order valence-electron chi connectivity index (χ3n) is 3.29. The van der Waals surface area contributed by atoms with Crippen LogP contribution in [-0.2, 0) is 19.6 Å². The maximum atomic E-state index is 13.3. The van der Waals surface area contributed by atoms with Gasteiger partial charge in [-0.1, -0.05) is 24.3 Å². The fourth-order valence-electron chi connectivity index (χ4n) is 2.54. The van der Waals surface area contributed by atoms with Gasteiger partial charge in [-0.15, -0.1) is 0 Å². The van der Waals surface area contributed by atoms with Gasteiger partial charge in [0.2, 0.25) is 0 Å². The highest BCUT2D eigenvalue weighted by atomic mass is 19.1. The topological polar surface area (TPSA) is 29.3 Å². The maximum Gasteiger partial charge on any atom is 0.125 e. The van der Waals surface area contributed by atoms with Gasteiger partial charge in [-0.05, 0) is 34.9 Å². The zero-order valence-electron chi connectivity index (χ0n) is 10.1. The highest BCUT2D eigenvalue weighted by molar-refractivity contribution is 5.41. The lowest BCUT2D eigenvalue weighted by atomic mass is 10.1. The molecule has 0 aliphatic carbocycles. The molecule has 0 saturated carbocycles. The van der Waals surface area contributed by atoms with E-state index in [1.807, 2.05) is 6.07 Å². The first kappa shape index (κ1) is 11.2. The number of nitrogens with two attached hydrogens (primary N) is 1. The summed E-state index contributed by atoms with van der Waals surface area (Å²) in [5.41, 5.74) is 9.80. The monoisotopic (exact) mass is 242 g/mol. The average Bonchev–Trinajstić information content (AvgIpc) is 2.69.